The van der Waals surface area contributed by atoms with Crippen molar-refractivity contribution in [2.24, 2.45) is 0 Å². The van der Waals surface area contributed by atoms with E-state index in [-0.39, 0.29) is 11.3 Å². The summed E-state index contributed by atoms with van der Waals surface area (Å²) in [6, 6.07) is 12.8. The van der Waals surface area contributed by atoms with Crippen LogP contribution in [0, 0.1) is 10.1 Å². The van der Waals surface area contributed by atoms with Crippen LogP contribution in [0.1, 0.15) is 15.9 Å². The van der Waals surface area contributed by atoms with Gasteiger partial charge in [0.25, 0.3) is 11.6 Å². The molecule has 2 aromatic carbocycles. The Morgan fingerprint density at radius 3 is 2.65 bits per heavy atom. The first-order valence-electron chi connectivity index (χ1n) is 5.81. The maximum absolute atomic E-state index is 12.1. The van der Waals surface area contributed by atoms with Crippen molar-refractivity contribution >= 4 is 28.9 Å². The lowest BCUT2D eigenvalue weighted by Gasteiger charge is -2.06. The van der Waals surface area contributed by atoms with Crippen molar-refractivity contribution in [3.8, 4) is 0 Å². The molecule has 0 bridgehead atoms. The average Bonchev–Trinajstić information content (AvgIpc) is 2.47. The minimum atomic E-state index is -0.579. The van der Waals surface area contributed by atoms with Gasteiger partial charge in [-0.1, -0.05) is 24.3 Å². The molecule has 102 valence electrons. The monoisotopic (exact) mass is 290 g/mol. The highest BCUT2D eigenvalue weighted by Crippen LogP contribution is 2.20. The quantitative estimate of drug-likeness (QED) is 0.531. The molecule has 0 aliphatic rings. The molecule has 20 heavy (non-hydrogen) atoms. The van der Waals surface area contributed by atoms with Gasteiger partial charge >= 0.3 is 0 Å². The van der Waals surface area contributed by atoms with Gasteiger partial charge in [-0.15, -0.1) is 11.6 Å². The van der Waals surface area contributed by atoms with Gasteiger partial charge in [0.05, 0.1) is 4.92 Å². The molecule has 0 saturated carbocycles. The van der Waals surface area contributed by atoms with E-state index in [2.05, 4.69) is 5.32 Å². The summed E-state index contributed by atoms with van der Waals surface area (Å²) in [7, 11) is 0. The summed E-state index contributed by atoms with van der Waals surface area (Å²) in [4.78, 5) is 22.4. The van der Waals surface area contributed by atoms with Gasteiger partial charge < -0.3 is 5.32 Å². The Balaban J connectivity index is 2.26. The zero-order chi connectivity index (χ0) is 14.5. The van der Waals surface area contributed by atoms with Gasteiger partial charge in [-0.3, -0.25) is 14.9 Å². The number of benzene rings is 2. The van der Waals surface area contributed by atoms with Gasteiger partial charge in [0.1, 0.15) is 5.56 Å². The van der Waals surface area contributed by atoms with Crippen molar-refractivity contribution < 1.29 is 9.72 Å². The summed E-state index contributed by atoms with van der Waals surface area (Å²) >= 11 is 5.72. The third kappa shape index (κ3) is 3.13. The fraction of sp³-hybridized carbons (Fsp3) is 0.0714. The number of carbonyl (C=O) groups excluding carboxylic acids is 1. The Morgan fingerprint density at radius 2 is 1.95 bits per heavy atom. The number of nitro groups is 1. The normalized spacial score (nSPS) is 10.1. The van der Waals surface area contributed by atoms with Crippen molar-refractivity contribution in [2.45, 2.75) is 5.88 Å². The fourth-order valence-corrected chi connectivity index (χ4v) is 1.92. The molecule has 1 N–H and O–H groups in total. The van der Waals surface area contributed by atoms with E-state index in [1.165, 1.54) is 18.2 Å². The van der Waals surface area contributed by atoms with E-state index in [1.54, 1.807) is 24.3 Å². The smallest absolute Gasteiger partial charge is 0.282 e. The third-order valence-corrected chi connectivity index (χ3v) is 2.99. The van der Waals surface area contributed by atoms with Crippen LogP contribution in [-0.2, 0) is 5.88 Å². The minimum absolute atomic E-state index is 0.0220. The van der Waals surface area contributed by atoms with E-state index in [0.29, 0.717) is 11.6 Å². The molecule has 0 aliphatic heterocycles. The van der Waals surface area contributed by atoms with E-state index in [4.69, 9.17) is 11.6 Å². The number of halogens is 1. The molecule has 1 amide bonds. The van der Waals surface area contributed by atoms with Crippen molar-refractivity contribution in [1.82, 2.24) is 0 Å². The molecular formula is C14H11ClN2O3. The van der Waals surface area contributed by atoms with E-state index in [1.807, 2.05) is 6.07 Å². The number of nitro benzene ring substituents is 1. The molecule has 0 aliphatic carbocycles. The zero-order valence-electron chi connectivity index (χ0n) is 10.4. The molecule has 2 rings (SSSR count). The van der Waals surface area contributed by atoms with Crippen LogP contribution < -0.4 is 5.32 Å². The van der Waals surface area contributed by atoms with Gasteiger partial charge in [-0.05, 0) is 23.8 Å². The standard InChI is InChI=1S/C14H11ClN2O3/c15-9-10-4-3-5-11(8-10)16-14(18)12-6-1-2-7-13(12)17(19)20/h1-8H,9H2,(H,16,18). The molecular weight excluding hydrogens is 280 g/mol. The Labute approximate surface area is 120 Å². The molecule has 0 aromatic heterocycles. The summed E-state index contributed by atoms with van der Waals surface area (Å²) in [6.45, 7) is 0. The summed E-state index contributed by atoms with van der Waals surface area (Å²) < 4.78 is 0. The van der Waals surface area contributed by atoms with Crippen LogP contribution in [0.4, 0.5) is 11.4 Å². The van der Waals surface area contributed by atoms with Crippen molar-refractivity contribution in [3.63, 3.8) is 0 Å². The molecule has 0 spiro atoms. The maximum atomic E-state index is 12.1. The maximum Gasteiger partial charge on any atom is 0.282 e. The van der Waals surface area contributed by atoms with Crippen molar-refractivity contribution in [1.29, 1.82) is 0 Å². The number of hydrogen-bond acceptors (Lipinski definition) is 3. The number of rotatable bonds is 4. The van der Waals surface area contributed by atoms with Gasteiger partial charge in [0.15, 0.2) is 0 Å². The lowest BCUT2D eigenvalue weighted by Crippen LogP contribution is -2.13. The molecule has 0 heterocycles. The van der Waals surface area contributed by atoms with Crippen LogP contribution >= 0.6 is 11.6 Å². The SMILES string of the molecule is O=C(Nc1cccc(CCl)c1)c1ccccc1[N+](=O)[O-]. The van der Waals surface area contributed by atoms with Crippen LogP contribution in [0.15, 0.2) is 48.5 Å². The predicted octanol–water partition coefficient (Wildman–Crippen LogP) is 3.59. The number of para-hydroxylation sites is 1. The van der Waals surface area contributed by atoms with Crippen LogP contribution in [0.5, 0.6) is 0 Å². The minimum Gasteiger partial charge on any atom is -0.322 e. The van der Waals surface area contributed by atoms with Crippen LogP contribution in [0.2, 0.25) is 0 Å². The summed E-state index contributed by atoms with van der Waals surface area (Å²) in [5.74, 6) is -0.195. The van der Waals surface area contributed by atoms with E-state index < -0.39 is 10.8 Å². The summed E-state index contributed by atoms with van der Waals surface area (Å²) in [6.07, 6.45) is 0. The first-order chi connectivity index (χ1) is 9.61. The fourth-order valence-electron chi connectivity index (χ4n) is 1.76. The molecule has 0 fully saturated rings. The Bertz CT molecular complexity index is 658. The van der Waals surface area contributed by atoms with Gasteiger partial charge in [0, 0.05) is 17.6 Å². The summed E-state index contributed by atoms with van der Waals surface area (Å²) in [5, 5.41) is 13.5. The van der Waals surface area contributed by atoms with Gasteiger partial charge in [0.2, 0.25) is 0 Å². The number of nitrogens with zero attached hydrogens (tertiary/aromatic N) is 1. The lowest BCUT2D eigenvalue weighted by atomic mass is 10.1. The van der Waals surface area contributed by atoms with Crippen LogP contribution in [0.3, 0.4) is 0 Å². The molecule has 6 heteroatoms. The molecule has 2 aromatic rings. The molecule has 0 radical (unpaired) electrons. The van der Waals surface area contributed by atoms with Crippen LogP contribution in [0.25, 0.3) is 0 Å². The second kappa shape index (κ2) is 6.16. The summed E-state index contributed by atoms with van der Waals surface area (Å²) in [5.41, 5.74) is 1.20. The Hall–Kier alpha value is -2.40. The molecule has 5 nitrogen and oxygen atoms in total. The molecule has 0 atom stereocenters. The number of amides is 1. The third-order valence-electron chi connectivity index (χ3n) is 2.68. The second-order valence-electron chi connectivity index (χ2n) is 4.06. The number of nitrogens with one attached hydrogen (secondary N) is 1. The number of hydrogen-bond donors (Lipinski definition) is 1. The average molecular weight is 291 g/mol. The topological polar surface area (TPSA) is 72.2 Å². The lowest BCUT2D eigenvalue weighted by molar-refractivity contribution is -0.385. The number of carbonyl (C=O) groups is 1. The zero-order valence-corrected chi connectivity index (χ0v) is 11.1. The van der Waals surface area contributed by atoms with E-state index in [9.17, 15) is 14.9 Å². The first kappa shape index (κ1) is 14.0. The van der Waals surface area contributed by atoms with Crippen molar-refractivity contribution in [3.05, 3.63) is 69.8 Å². The first-order valence-corrected chi connectivity index (χ1v) is 6.35. The second-order valence-corrected chi connectivity index (χ2v) is 4.33. The van der Waals surface area contributed by atoms with E-state index in [0.717, 1.165) is 5.56 Å². The van der Waals surface area contributed by atoms with Crippen LogP contribution in [-0.4, -0.2) is 10.8 Å². The van der Waals surface area contributed by atoms with Gasteiger partial charge in [-0.2, -0.15) is 0 Å². The molecule has 0 unspecified atom stereocenters. The molecule has 0 saturated heterocycles. The Kier molecular flexibility index (Phi) is 4.32. The van der Waals surface area contributed by atoms with Crippen molar-refractivity contribution in [2.75, 3.05) is 5.32 Å². The van der Waals surface area contributed by atoms with Gasteiger partial charge in [-0.25, -0.2) is 0 Å². The van der Waals surface area contributed by atoms with E-state index >= 15 is 0 Å². The number of anilines is 1. The predicted molar refractivity (Wildman–Crippen MR) is 77.0 cm³/mol. The Morgan fingerprint density at radius 1 is 1.20 bits per heavy atom. The highest BCUT2D eigenvalue weighted by molar-refractivity contribution is 6.17. The highest BCUT2D eigenvalue weighted by Gasteiger charge is 2.19. The highest BCUT2D eigenvalue weighted by atomic mass is 35.5. The number of alkyl halides is 1. The largest absolute Gasteiger partial charge is 0.322 e.